The molecule has 0 saturated carbocycles. The molecule has 4 rings (SSSR count). The molecule has 26 heavy (non-hydrogen) atoms. The summed E-state index contributed by atoms with van der Waals surface area (Å²) in [5, 5.41) is 14.6. The molecule has 0 fully saturated rings. The van der Waals surface area contributed by atoms with Gasteiger partial charge < -0.3 is 20.4 Å². The van der Waals surface area contributed by atoms with Gasteiger partial charge in [-0.1, -0.05) is 31.9 Å². The maximum absolute atomic E-state index is 12.8. The predicted octanol–water partition coefficient (Wildman–Crippen LogP) is 4.64. The molecule has 1 unspecified atom stereocenters. The summed E-state index contributed by atoms with van der Waals surface area (Å²) in [4.78, 5) is 19.1. The molecule has 0 spiro atoms. The maximum atomic E-state index is 12.8. The number of carbonyl (C=O) groups excluding carboxylic acids is 1. The smallest absolute Gasteiger partial charge is 0.254 e. The van der Waals surface area contributed by atoms with Crippen LogP contribution in [0.1, 0.15) is 22.0 Å². The molecule has 2 aromatic heterocycles. The standard InChI is InChI=1S/C19H15Br2N3O2/c20-10-1-3-16-12(5-10)14(7-22-16)18(9-25)24-19(26)15-8-23-17-4-2-11(21)6-13(15)17/h1-8,18,22-23,25H,9H2,(H,24,26). The third-order valence-electron chi connectivity index (χ3n) is 4.43. The summed E-state index contributed by atoms with van der Waals surface area (Å²) in [6.07, 6.45) is 3.51. The van der Waals surface area contributed by atoms with Gasteiger partial charge in [0.05, 0.1) is 18.2 Å². The Labute approximate surface area is 166 Å². The van der Waals surface area contributed by atoms with Gasteiger partial charge in [0, 0.05) is 48.7 Å². The molecule has 4 aromatic rings. The molecule has 0 aliphatic heterocycles. The number of fused-ring (bicyclic) bond motifs is 2. The number of aliphatic hydroxyl groups is 1. The minimum absolute atomic E-state index is 0.197. The topological polar surface area (TPSA) is 80.9 Å². The van der Waals surface area contributed by atoms with E-state index in [2.05, 4.69) is 47.1 Å². The van der Waals surface area contributed by atoms with Crippen molar-refractivity contribution < 1.29 is 9.90 Å². The van der Waals surface area contributed by atoms with Gasteiger partial charge in [-0.15, -0.1) is 0 Å². The molecule has 0 bridgehead atoms. The second kappa shape index (κ2) is 6.90. The zero-order valence-electron chi connectivity index (χ0n) is 13.5. The van der Waals surface area contributed by atoms with Gasteiger partial charge in [-0.05, 0) is 36.4 Å². The van der Waals surface area contributed by atoms with Crippen LogP contribution >= 0.6 is 31.9 Å². The van der Waals surface area contributed by atoms with Crippen molar-refractivity contribution in [3.05, 3.63) is 68.9 Å². The molecule has 1 atom stereocenters. The van der Waals surface area contributed by atoms with Gasteiger partial charge in [0.2, 0.25) is 0 Å². The van der Waals surface area contributed by atoms with E-state index >= 15 is 0 Å². The van der Waals surface area contributed by atoms with Gasteiger partial charge in [0.25, 0.3) is 5.91 Å². The minimum Gasteiger partial charge on any atom is -0.394 e. The van der Waals surface area contributed by atoms with Crippen LogP contribution in [0.2, 0.25) is 0 Å². The predicted molar refractivity (Wildman–Crippen MR) is 109 cm³/mol. The van der Waals surface area contributed by atoms with Crippen molar-refractivity contribution in [1.82, 2.24) is 15.3 Å². The van der Waals surface area contributed by atoms with Crippen LogP contribution in [-0.2, 0) is 0 Å². The molecule has 2 heterocycles. The Morgan fingerprint density at radius 3 is 2.31 bits per heavy atom. The Kier molecular flexibility index (Phi) is 4.60. The highest BCUT2D eigenvalue weighted by atomic mass is 79.9. The van der Waals surface area contributed by atoms with E-state index in [1.54, 1.807) is 6.20 Å². The fraction of sp³-hybridized carbons (Fsp3) is 0.105. The molecule has 0 radical (unpaired) electrons. The van der Waals surface area contributed by atoms with Crippen LogP contribution in [-0.4, -0.2) is 27.6 Å². The van der Waals surface area contributed by atoms with Gasteiger partial charge in [0.1, 0.15) is 0 Å². The first kappa shape index (κ1) is 17.3. The normalized spacial score (nSPS) is 12.6. The number of nitrogens with one attached hydrogen (secondary N) is 3. The molecule has 0 aliphatic carbocycles. The number of aliphatic hydroxyl groups excluding tert-OH is 1. The van der Waals surface area contributed by atoms with E-state index < -0.39 is 6.04 Å². The second-order valence-electron chi connectivity index (χ2n) is 6.03. The minimum atomic E-state index is -0.511. The molecule has 132 valence electrons. The number of H-pyrrole nitrogens is 2. The van der Waals surface area contributed by atoms with Crippen molar-refractivity contribution in [3.8, 4) is 0 Å². The second-order valence-corrected chi connectivity index (χ2v) is 7.87. The molecule has 4 N–H and O–H groups in total. The summed E-state index contributed by atoms with van der Waals surface area (Å²) in [6.45, 7) is -0.197. The van der Waals surface area contributed by atoms with Crippen LogP contribution in [0.4, 0.5) is 0 Å². The summed E-state index contributed by atoms with van der Waals surface area (Å²) in [5.74, 6) is -0.238. The zero-order valence-corrected chi connectivity index (χ0v) is 16.7. The van der Waals surface area contributed by atoms with Crippen LogP contribution in [0.3, 0.4) is 0 Å². The summed E-state index contributed by atoms with van der Waals surface area (Å²) in [7, 11) is 0. The first-order valence-corrected chi connectivity index (χ1v) is 9.60. The Bertz CT molecular complexity index is 1120. The molecule has 1 amide bonds. The molecule has 0 saturated heterocycles. The molecule has 7 heteroatoms. The van der Waals surface area contributed by atoms with Crippen LogP contribution in [0.5, 0.6) is 0 Å². The average molecular weight is 477 g/mol. The van der Waals surface area contributed by atoms with E-state index in [-0.39, 0.29) is 12.5 Å². The Morgan fingerprint density at radius 1 is 1.00 bits per heavy atom. The highest BCUT2D eigenvalue weighted by Gasteiger charge is 2.20. The molecular formula is C19H15Br2N3O2. The van der Waals surface area contributed by atoms with Crippen LogP contribution in [0.25, 0.3) is 21.8 Å². The van der Waals surface area contributed by atoms with E-state index in [9.17, 15) is 9.90 Å². The lowest BCUT2D eigenvalue weighted by Gasteiger charge is -2.16. The van der Waals surface area contributed by atoms with Crippen LogP contribution < -0.4 is 5.32 Å². The van der Waals surface area contributed by atoms with E-state index in [1.165, 1.54) is 0 Å². The number of aromatic amines is 2. The first-order valence-electron chi connectivity index (χ1n) is 8.01. The van der Waals surface area contributed by atoms with E-state index in [0.29, 0.717) is 5.56 Å². The van der Waals surface area contributed by atoms with Gasteiger partial charge in [-0.25, -0.2) is 0 Å². The third-order valence-corrected chi connectivity index (χ3v) is 5.41. The van der Waals surface area contributed by atoms with Crippen molar-refractivity contribution in [2.24, 2.45) is 0 Å². The quantitative estimate of drug-likeness (QED) is 0.346. The monoisotopic (exact) mass is 475 g/mol. The first-order chi connectivity index (χ1) is 12.6. The SMILES string of the molecule is O=C(NC(CO)c1c[nH]c2ccc(Br)cc12)c1c[nH]c2ccc(Br)cc12. The van der Waals surface area contributed by atoms with Gasteiger partial charge in [-0.2, -0.15) is 0 Å². The average Bonchev–Trinajstić information content (AvgIpc) is 3.23. The van der Waals surface area contributed by atoms with Gasteiger partial charge in [-0.3, -0.25) is 4.79 Å². The van der Waals surface area contributed by atoms with E-state index in [1.807, 2.05) is 42.6 Å². The highest BCUT2D eigenvalue weighted by Crippen LogP contribution is 2.28. The number of hydrogen-bond acceptors (Lipinski definition) is 2. The largest absolute Gasteiger partial charge is 0.394 e. The summed E-state index contributed by atoms with van der Waals surface area (Å²) in [5.41, 5.74) is 3.22. The van der Waals surface area contributed by atoms with Crippen molar-refractivity contribution in [2.45, 2.75) is 6.04 Å². The van der Waals surface area contributed by atoms with Crippen molar-refractivity contribution in [3.63, 3.8) is 0 Å². The number of rotatable bonds is 4. The Hall–Kier alpha value is -2.09. The third kappa shape index (κ3) is 3.06. The lowest BCUT2D eigenvalue weighted by molar-refractivity contribution is 0.0918. The number of hydrogen-bond donors (Lipinski definition) is 4. The number of amides is 1. The maximum Gasteiger partial charge on any atom is 0.254 e. The summed E-state index contributed by atoms with van der Waals surface area (Å²) < 4.78 is 1.84. The van der Waals surface area contributed by atoms with Crippen molar-refractivity contribution in [1.29, 1.82) is 0 Å². The van der Waals surface area contributed by atoms with Crippen molar-refractivity contribution in [2.75, 3.05) is 6.61 Å². The zero-order chi connectivity index (χ0) is 18.3. The van der Waals surface area contributed by atoms with Crippen molar-refractivity contribution >= 4 is 59.6 Å². The van der Waals surface area contributed by atoms with E-state index in [0.717, 1.165) is 36.3 Å². The number of carbonyl (C=O) groups is 1. The summed E-state index contributed by atoms with van der Waals surface area (Å²) in [6, 6.07) is 11.1. The lowest BCUT2D eigenvalue weighted by atomic mass is 10.1. The fourth-order valence-electron chi connectivity index (χ4n) is 3.14. The summed E-state index contributed by atoms with van der Waals surface area (Å²) >= 11 is 6.90. The number of aromatic nitrogens is 2. The van der Waals surface area contributed by atoms with Crippen LogP contribution in [0.15, 0.2) is 57.7 Å². The van der Waals surface area contributed by atoms with Gasteiger partial charge in [0.15, 0.2) is 0 Å². The van der Waals surface area contributed by atoms with Crippen LogP contribution in [0, 0.1) is 0 Å². The number of halogens is 2. The lowest BCUT2D eigenvalue weighted by Crippen LogP contribution is -2.30. The Morgan fingerprint density at radius 2 is 1.62 bits per heavy atom. The fourth-order valence-corrected chi connectivity index (χ4v) is 3.86. The molecule has 2 aromatic carbocycles. The highest BCUT2D eigenvalue weighted by molar-refractivity contribution is 9.10. The van der Waals surface area contributed by atoms with E-state index in [4.69, 9.17) is 0 Å². The Balaban J connectivity index is 1.68. The molecule has 5 nitrogen and oxygen atoms in total. The molecular weight excluding hydrogens is 462 g/mol. The molecule has 0 aliphatic rings. The number of benzene rings is 2. The van der Waals surface area contributed by atoms with Gasteiger partial charge >= 0.3 is 0 Å².